The molecule has 0 heterocycles. The Balaban J connectivity index is 2.25. The van der Waals surface area contributed by atoms with Crippen molar-refractivity contribution >= 4 is 22.5 Å². The molecule has 2 aromatic rings. The fourth-order valence-corrected chi connectivity index (χ4v) is 5.58. The predicted octanol–water partition coefficient (Wildman–Crippen LogP) is 6.43. The minimum absolute atomic E-state index is 0.109. The summed E-state index contributed by atoms with van der Waals surface area (Å²) >= 11 is 1.37. The van der Waals surface area contributed by atoms with E-state index < -0.39 is 0 Å². The van der Waals surface area contributed by atoms with Gasteiger partial charge in [0.2, 0.25) is 0 Å². The number of carbonyl (C=O) groups excluding carboxylic acids is 1. The number of thioether (sulfide) groups is 1. The van der Waals surface area contributed by atoms with Gasteiger partial charge in [0.1, 0.15) is 11.5 Å². The van der Waals surface area contributed by atoms with Crippen LogP contribution in [0, 0.1) is 16.7 Å². The summed E-state index contributed by atoms with van der Waals surface area (Å²) in [5.74, 6) is 1.94. The van der Waals surface area contributed by atoms with E-state index in [1.165, 1.54) is 11.8 Å². The van der Waals surface area contributed by atoms with Crippen molar-refractivity contribution in [3.63, 3.8) is 0 Å². The molecule has 3 nitrogen and oxygen atoms in total. The van der Waals surface area contributed by atoms with E-state index in [0.717, 1.165) is 33.1 Å². The lowest BCUT2D eigenvalue weighted by Crippen LogP contribution is -2.01. The standard InChI is InChI=1S/C25H30O3S/c1-16(26)29-22(23-24(2,3)25(23,4)5)21(17-8-12-19(27-6)13-9-17)18-10-14-20(28-7)15-11-18/h8-15,23H,1-7H3. The maximum atomic E-state index is 12.3. The van der Waals surface area contributed by atoms with Gasteiger partial charge in [-0.05, 0) is 51.8 Å². The average Bonchev–Trinajstić information content (AvgIpc) is 3.10. The number of benzene rings is 2. The number of allylic oxidation sites excluding steroid dienone is 1. The number of hydrogen-bond donors (Lipinski definition) is 0. The lowest BCUT2D eigenvalue weighted by atomic mass is 9.94. The van der Waals surface area contributed by atoms with Crippen LogP contribution in [0.15, 0.2) is 53.4 Å². The van der Waals surface area contributed by atoms with Crippen molar-refractivity contribution in [3.05, 3.63) is 64.6 Å². The Bertz CT molecular complexity index is 858. The first kappa shape index (κ1) is 21.5. The smallest absolute Gasteiger partial charge is 0.190 e. The molecular weight excluding hydrogens is 380 g/mol. The van der Waals surface area contributed by atoms with Crippen molar-refractivity contribution in [2.75, 3.05) is 14.2 Å². The molecular formula is C25H30O3S. The van der Waals surface area contributed by atoms with Crippen LogP contribution in [0.3, 0.4) is 0 Å². The van der Waals surface area contributed by atoms with Gasteiger partial charge in [-0.25, -0.2) is 0 Å². The molecule has 1 aliphatic rings. The zero-order chi connectivity index (χ0) is 21.4. The van der Waals surface area contributed by atoms with E-state index in [9.17, 15) is 4.79 Å². The van der Waals surface area contributed by atoms with Crippen LogP contribution in [0.1, 0.15) is 45.7 Å². The first-order chi connectivity index (χ1) is 13.6. The summed E-state index contributed by atoms with van der Waals surface area (Å²) in [6, 6.07) is 16.2. The third kappa shape index (κ3) is 3.95. The van der Waals surface area contributed by atoms with Crippen LogP contribution in [0.5, 0.6) is 11.5 Å². The average molecular weight is 411 g/mol. The third-order valence-electron chi connectivity index (χ3n) is 6.54. The normalized spacial score (nSPS) is 16.8. The molecule has 0 amide bonds. The second-order valence-corrected chi connectivity index (χ2v) is 9.89. The summed E-state index contributed by atoms with van der Waals surface area (Å²) in [4.78, 5) is 13.4. The van der Waals surface area contributed by atoms with Gasteiger partial charge >= 0.3 is 0 Å². The molecule has 4 heteroatoms. The fraction of sp³-hybridized carbons (Fsp3) is 0.400. The molecule has 1 saturated carbocycles. The number of ether oxygens (including phenoxy) is 2. The minimum Gasteiger partial charge on any atom is -0.497 e. The van der Waals surface area contributed by atoms with Crippen LogP contribution < -0.4 is 9.47 Å². The van der Waals surface area contributed by atoms with E-state index in [-0.39, 0.29) is 15.9 Å². The van der Waals surface area contributed by atoms with Gasteiger partial charge in [0, 0.05) is 17.7 Å². The molecule has 29 heavy (non-hydrogen) atoms. The van der Waals surface area contributed by atoms with Crippen LogP contribution in [-0.4, -0.2) is 19.3 Å². The third-order valence-corrected chi connectivity index (χ3v) is 7.49. The monoisotopic (exact) mass is 410 g/mol. The van der Waals surface area contributed by atoms with Gasteiger partial charge < -0.3 is 9.47 Å². The van der Waals surface area contributed by atoms with E-state index in [4.69, 9.17) is 9.47 Å². The van der Waals surface area contributed by atoms with Crippen molar-refractivity contribution in [2.45, 2.75) is 34.6 Å². The Morgan fingerprint density at radius 2 is 1.17 bits per heavy atom. The molecule has 0 aliphatic heterocycles. The number of hydrogen-bond acceptors (Lipinski definition) is 4. The zero-order valence-corrected chi connectivity index (χ0v) is 19.1. The Labute approximate surface area is 178 Å². The molecule has 0 spiro atoms. The molecule has 1 fully saturated rings. The molecule has 0 bridgehead atoms. The Hall–Kier alpha value is -2.20. The SMILES string of the molecule is COc1ccc(C(=C(SC(C)=O)C2C(C)(C)C2(C)C)c2ccc(OC)cc2)cc1. The summed E-state index contributed by atoms with van der Waals surface area (Å²) in [6.45, 7) is 10.8. The maximum absolute atomic E-state index is 12.3. The lowest BCUT2D eigenvalue weighted by Gasteiger charge is -2.18. The van der Waals surface area contributed by atoms with Crippen molar-refractivity contribution in [2.24, 2.45) is 16.7 Å². The topological polar surface area (TPSA) is 35.5 Å². The summed E-state index contributed by atoms with van der Waals surface area (Å²) in [5, 5.41) is 0.109. The molecule has 3 rings (SSSR count). The van der Waals surface area contributed by atoms with Crippen LogP contribution in [0.4, 0.5) is 0 Å². The second-order valence-electron chi connectivity index (χ2n) is 8.67. The van der Waals surface area contributed by atoms with E-state index in [1.807, 2.05) is 24.3 Å². The molecule has 0 aromatic heterocycles. The minimum atomic E-state index is 0.109. The summed E-state index contributed by atoms with van der Waals surface area (Å²) in [5.41, 5.74) is 3.51. The van der Waals surface area contributed by atoms with Crippen molar-refractivity contribution in [1.29, 1.82) is 0 Å². The van der Waals surface area contributed by atoms with Gasteiger partial charge in [-0.3, -0.25) is 4.79 Å². The Kier molecular flexibility index (Phi) is 5.86. The van der Waals surface area contributed by atoms with E-state index in [1.54, 1.807) is 21.1 Å². The highest BCUT2D eigenvalue weighted by atomic mass is 32.2. The first-order valence-electron chi connectivity index (χ1n) is 9.85. The highest BCUT2D eigenvalue weighted by molar-refractivity contribution is 8.17. The summed E-state index contributed by atoms with van der Waals surface area (Å²) < 4.78 is 10.7. The van der Waals surface area contributed by atoms with Gasteiger partial charge in [-0.15, -0.1) is 0 Å². The van der Waals surface area contributed by atoms with E-state index in [2.05, 4.69) is 52.0 Å². The van der Waals surface area contributed by atoms with E-state index >= 15 is 0 Å². The number of carbonyl (C=O) groups is 1. The zero-order valence-electron chi connectivity index (χ0n) is 18.3. The van der Waals surface area contributed by atoms with Crippen molar-refractivity contribution in [1.82, 2.24) is 0 Å². The van der Waals surface area contributed by atoms with Crippen LogP contribution in [0.25, 0.3) is 5.57 Å². The van der Waals surface area contributed by atoms with Crippen LogP contribution in [-0.2, 0) is 4.79 Å². The molecule has 0 unspecified atom stereocenters. The van der Waals surface area contributed by atoms with Gasteiger partial charge in [0.05, 0.1) is 14.2 Å². The lowest BCUT2D eigenvalue weighted by molar-refractivity contribution is -0.109. The van der Waals surface area contributed by atoms with Gasteiger partial charge in [0.25, 0.3) is 0 Å². The summed E-state index contributed by atoms with van der Waals surface area (Å²) in [6.07, 6.45) is 0. The quantitative estimate of drug-likeness (QED) is 0.550. The summed E-state index contributed by atoms with van der Waals surface area (Å²) in [7, 11) is 3.34. The first-order valence-corrected chi connectivity index (χ1v) is 10.7. The molecule has 0 saturated heterocycles. The molecule has 0 radical (unpaired) electrons. The Morgan fingerprint density at radius 3 is 1.45 bits per heavy atom. The molecule has 154 valence electrons. The largest absolute Gasteiger partial charge is 0.497 e. The molecule has 0 N–H and O–H groups in total. The molecule has 1 aliphatic carbocycles. The van der Waals surface area contributed by atoms with E-state index in [0.29, 0.717) is 5.92 Å². The number of methoxy groups -OCH3 is 2. The van der Waals surface area contributed by atoms with Gasteiger partial charge in [-0.1, -0.05) is 63.7 Å². The van der Waals surface area contributed by atoms with Crippen LogP contribution in [0.2, 0.25) is 0 Å². The highest BCUT2D eigenvalue weighted by Gasteiger charge is 2.66. The second kappa shape index (κ2) is 7.91. The Morgan fingerprint density at radius 1 is 0.793 bits per heavy atom. The van der Waals surface area contributed by atoms with Crippen molar-refractivity contribution < 1.29 is 14.3 Å². The van der Waals surface area contributed by atoms with Gasteiger partial charge in [0.15, 0.2) is 5.12 Å². The fourth-order valence-electron chi connectivity index (χ4n) is 4.23. The molecule has 2 aromatic carbocycles. The van der Waals surface area contributed by atoms with Crippen molar-refractivity contribution in [3.8, 4) is 11.5 Å². The maximum Gasteiger partial charge on any atom is 0.190 e. The predicted molar refractivity (Wildman–Crippen MR) is 121 cm³/mol. The van der Waals surface area contributed by atoms with Crippen LogP contribution >= 0.6 is 11.8 Å². The van der Waals surface area contributed by atoms with Gasteiger partial charge in [-0.2, -0.15) is 0 Å². The number of rotatable bonds is 6. The molecule has 0 atom stereocenters. The highest BCUT2D eigenvalue weighted by Crippen LogP contribution is 2.73.